The van der Waals surface area contributed by atoms with Gasteiger partial charge in [0.15, 0.2) is 0 Å². The summed E-state index contributed by atoms with van der Waals surface area (Å²) in [5.41, 5.74) is 0.818. The molecule has 0 bridgehead atoms. The fourth-order valence-electron chi connectivity index (χ4n) is 4.33. The Balaban J connectivity index is 1.91. The van der Waals surface area contributed by atoms with E-state index in [9.17, 15) is 9.59 Å². The maximum atomic E-state index is 13.5. The third-order valence-corrected chi connectivity index (χ3v) is 6.24. The summed E-state index contributed by atoms with van der Waals surface area (Å²) in [7, 11) is 1.58. The summed E-state index contributed by atoms with van der Waals surface area (Å²) < 4.78 is 5.57. The van der Waals surface area contributed by atoms with E-state index < -0.39 is 0 Å². The number of furan rings is 1. The van der Waals surface area contributed by atoms with Gasteiger partial charge in [0.05, 0.1) is 6.54 Å². The first-order valence-corrected chi connectivity index (χ1v) is 10.4. The highest BCUT2D eigenvalue weighted by molar-refractivity contribution is 6.34. The summed E-state index contributed by atoms with van der Waals surface area (Å²) in [5, 5.41) is 3.37. The van der Waals surface area contributed by atoms with Gasteiger partial charge in [-0.1, -0.05) is 51.3 Å². The monoisotopic (exact) mass is 404 g/mol. The van der Waals surface area contributed by atoms with E-state index >= 15 is 0 Å². The van der Waals surface area contributed by atoms with Gasteiger partial charge in [-0.15, -0.1) is 0 Å². The fraction of sp³-hybridized carbons (Fsp3) is 0.545. The summed E-state index contributed by atoms with van der Waals surface area (Å²) in [5.74, 6) is 0.0805. The van der Waals surface area contributed by atoms with Crippen molar-refractivity contribution < 1.29 is 14.0 Å². The number of amides is 2. The third-order valence-electron chi connectivity index (χ3n) is 5.98. The molecule has 0 unspecified atom stereocenters. The molecule has 1 aromatic heterocycles. The van der Waals surface area contributed by atoms with Crippen LogP contribution < -0.4 is 5.32 Å². The molecule has 2 amide bonds. The molecule has 5 nitrogen and oxygen atoms in total. The van der Waals surface area contributed by atoms with Crippen molar-refractivity contribution in [3.8, 4) is 0 Å². The van der Waals surface area contributed by atoms with Gasteiger partial charge in [-0.2, -0.15) is 0 Å². The Bertz CT molecular complexity index is 853. The number of carbonyl (C=O) groups is 2. The summed E-state index contributed by atoms with van der Waals surface area (Å²) in [6.07, 6.45) is 6.09. The van der Waals surface area contributed by atoms with Gasteiger partial charge in [-0.3, -0.25) is 9.59 Å². The molecule has 1 aliphatic carbocycles. The molecular weight excluding hydrogens is 376 g/mol. The molecule has 1 aromatic carbocycles. The molecule has 1 saturated carbocycles. The molecule has 1 aliphatic rings. The number of rotatable bonds is 6. The van der Waals surface area contributed by atoms with E-state index in [4.69, 9.17) is 16.0 Å². The predicted octanol–water partition coefficient (Wildman–Crippen LogP) is 4.88. The molecule has 0 radical (unpaired) electrons. The summed E-state index contributed by atoms with van der Waals surface area (Å²) in [6.45, 7) is 4.89. The van der Waals surface area contributed by atoms with Crippen LogP contribution in [0.5, 0.6) is 0 Å². The number of nitrogens with zero attached hydrogens (tertiary/aromatic N) is 1. The van der Waals surface area contributed by atoms with Crippen LogP contribution in [0.15, 0.2) is 28.7 Å². The van der Waals surface area contributed by atoms with E-state index in [1.54, 1.807) is 18.0 Å². The van der Waals surface area contributed by atoms with Crippen molar-refractivity contribution in [2.75, 3.05) is 20.1 Å². The summed E-state index contributed by atoms with van der Waals surface area (Å²) in [6, 6.07) is 7.29. The first kappa shape index (κ1) is 20.7. The Morgan fingerprint density at radius 1 is 1.21 bits per heavy atom. The lowest BCUT2D eigenvalue weighted by atomic mass is 9.71. The van der Waals surface area contributed by atoms with Crippen LogP contribution in [-0.4, -0.2) is 36.9 Å². The number of fused-ring (bicyclic) bond motifs is 1. The number of hydrogen-bond donors (Lipinski definition) is 1. The molecule has 0 aliphatic heterocycles. The standard InChI is InChI=1S/C22H29ClN2O3/c1-22(2,15-9-5-4-6-10-15)14-25(13-18(26)24-3)21(27)19-16-11-7-8-12-17(16)28-20(19)23/h7-8,11-12,15H,4-6,9-10,13-14H2,1-3H3,(H,24,26). The number of benzene rings is 1. The number of carbonyl (C=O) groups excluding carboxylic acids is 2. The molecule has 1 fully saturated rings. The van der Waals surface area contributed by atoms with Gasteiger partial charge in [0, 0.05) is 19.0 Å². The largest absolute Gasteiger partial charge is 0.444 e. The number of halogens is 1. The van der Waals surface area contributed by atoms with E-state index in [1.165, 1.54) is 32.1 Å². The Morgan fingerprint density at radius 3 is 2.57 bits per heavy atom. The SMILES string of the molecule is CNC(=O)CN(CC(C)(C)C1CCCCC1)C(=O)c1c(Cl)oc2ccccc12. The van der Waals surface area contributed by atoms with Crippen molar-refractivity contribution in [2.24, 2.45) is 11.3 Å². The highest BCUT2D eigenvalue weighted by atomic mass is 35.5. The van der Waals surface area contributed by atoms with Gasteiger partial charge >= 0.3 is 0 Å². The molecule has 0 atom stereocenters. The number of para-hydroxylation sites is 1. The van der Waals surface area contributed by atoms with Gasteiger partial charge < -0.3 is 14.6 Å². The van der Waals surface area contributed by atoms with Crippen LogP contribution in [0.1, 0.15) is 56.3 Å². The normalized spacial score (nSPS) is 15.6. The maximum absolute atomic E-state index is 13.5. The zero-order valence-corrected chi connectivity index (χ0v) is 17.6. The Morgan fingerprint density at radius 2 is 1.89 bits per heavy atom. The summed E-state index contributed by atoms with van der Waals surface area (Å²) >= 11 is 6.28. The number of likely N-dealkylation sites (N-methyl/N-ethyl adjacent to an activating group) is 1. The van der Waals surface area contributed by atoms with Crippen molar-refractivity contribution in [1.82, 2.24) is 10.2 Å². The lowest BCUT2D eigenvalue weighted by Crippen LogP contribution is -2.46. The van der Waals surface area contributed by atoms with E-state index in [0.717, 1.165) is 0 Å². The fourth-order valence-corrected chi connectivity index (χ4v) is 4.60. The van der Waals surface area contributed by atoms with E-state index in [2.05, 4.69) is 19.2 Å². The van der Waals surface area contributed by atoms with Crippen LogP contribution >= 0.6 is 11.6 Å². The van der Waals surface area contributed by atoms with Crippen LogP contribution in [0.2, 0.25) is 5.22 Å². The van der Waals surface area contributed by atoms with Crippen molar-refractivity contribution in [1.29, 1.82) is 0 Å². The van der Waals surface area contributed by atoms with Crippen molar-refractivity contribution in [3.63, 3.8) is 0 Å². The van der Waals surface area contributed by atoms with Crippen LogP contribution in [0, 0.1) is 11.3 Å². The van der Waals surface area contributed by atoms with Gasteiger partial charge in [0.2, 0.25) is 11.1 Å². The minimum Gasteiger partial charge on any atom is -0.444 e. The second-order valence-electron chi connectivity index (χ2n) is 8.40. The lowest BCUT2D eigenvalue weighted by molar-refractivity contribution is -0.121. The topological polar surface area (TPSA) is 62.6 Å². The quantitative estimate of drug-likeness (QED) is 0.746. The van der Waals surface area contributed by atoms with Crippen molar-refractivity contribution >= 4 is 34.4 Å². The van der Waals surface area contributed by atoms with E-state index in [-0.39, 0.29) is 29.0 Å². The molecular formula is C22H29ClN2O3. The Hall–Kier alpha value is -2.01. The van der Waals surface area contributed by atoms with Crippen LogP contribution in [-0.2, 0) is 4.79 Å². The zero-order chi connectivity index (χ0) is 20.3. The molecule has 1 N–H and O–H groups in total. The minimum absolute atomic E-state index is 0.00131. The molecule has 2 aromatic rings. The smallest absolute Gasteiger partial charge is 0.259 e. The number of nitrogens with one attached hydrogen (secondary N) is 1. The average molecular weight is 405 g/mol. The first-order valence-electron chi connectivity index (χ1n) is 10.0. The second kappa shape index (κ2) is 8.56. The van der Waals surface area contributed by atoms with Crippen LogP contribution in [0.4, 0.5) is 0 Å². The molecule has 0 saturated heterocycles. The predicted molar refractivity (Wildman–Crippen MR) is 112 cm³/mol. The first-order chi connectivity index (χ1) is 13.3. The van der Waals surface area contributed by atoms with Gasteiger partial charge in [-0.25, -0.2) is 0 Å². The third kappa shape index (κ3) is 4.35. The average Bonchev–Trinajstić information content (AvgIpc) is 3.03. The van der Waals surface area contributed by atoms with Gasteiger partial charge in [0.1, 0.15) is 11.1 Å². The Kier molecular flexibility index (Phi) is 6.33. The van der Waals surface area contributed by atoms with E-state index in [0.29, 0.717) is 29.0 Å². The van der Waals surface area contributed by atoms with Crippen molar-refractivity contribution in [2.45, 2.75) is 46.0 Å². The zero-order valence-electron chi connectivity index (χ0n) is 16.9. The van der Waals surface area contributed by atoms with Crippen LogP contribution in [0.3, 0.4) is 0 Å². The van der Waals surface area contributed by atoms with Crippen molar-refractivity contribution in [3.05, 3.63) is 35.0 Å². The second-order valence-corrected chi connectivity index (χ2v) is 8.75. The lowest BCUT2D eigenvalue weighted by Gasteiger charge is -2.40. The van der Waals surface area contributed by atoms with Crippen LogP contribution in [0.25, 0.3) is 11.0 Å². The highest BCUT2D eigenvalue weighted by Gasteiger charge is 2.35. The molecule has 6 heteroatoms. The number of hydrogen-bond acceptors (Lipinski definition) is 3. The summed E-state index contributed by atoms with van der Waals surface area (Å²) in [4.78, 5) is 27.2. The highest BCUT2D eigenvalue weighted by Crippen LogP contribution is 2.39. The molecule has 28 heavy (non-hydrogen) atoms. The van der Waals surface area contributed by atoms with E-state index in [1.807, 2.05) is 18.2 Å². The molecule has 1 heterocycles. The maximum Gasteiger partial charge on any atom is 0.259 e. The van der Waals surface area contributed by atoms with Gasteiger partial charge in [-0.05, 0) is 41.8 Å². The molecule has 3 rings (SSSR count). The molecule has 152 valence electrons. The molecule has 0 spiro atoms. The Labute approximate surface area is 171 Å². The minimum atomic E-state index is -0.262. The van der Waals surface area contributed by atoms with Gasteiger partial charge in [0.25, 0.3) is 5.91 Å².